The lowest BCUT2D eigenvalue weighted by Crippen LogP contribution is -2.30. The lowest BCUT2D eigenvalue weighted by molar-refractivity contribution is -0.161. The molecule has 0 heterocycles. The second-order valence-corrected chi connectivity index (χ2v) is 32.1. The zero-order chi connectivity index (χ0) is 74.6. The highest BCUT2D eigenvalue weighted by Gasteiger charge is 2.30. The predicted molar refractivity (Wildman–Crippen MR) is 418 cm³/mol. The summed E-state index contributed by atoms with van der Waals surface area (Å²) in [5, 5.41) is 10.7. The number of allylic oxidation sites excluding steroid dienone is 4. The maximum Gasteiger partial charge on any atom is 0.472 e. The molecule has 0 amide bonds. The number of phosphoric acid groups is 2. The highest BCUT2D eigenvalue weighted by Crippen LogP contribution is 2.45. The first-order valence-corrected chi connectivity index (χ1v) is 45.6. The third-order valence-electron chi connectivity index (χ3n) is 19.0. The maximum absolute atomic E-state index is 13.1. The Morgan fingerprint density at radius 2 is 0.471 bits per heavy atom. The summed E-state index contributed by atoms with van der Waals surface area (Å²) in [6.45, 7) is 4.97. The van der Waals surface area contributed by atoms with Crippen molar-refractivity contribution >= 4 is 39.5 Å². The summed E-state index contributed by atoms with van der Waals surface area (Å²) < 4.78 is 68.7. The zero-order valence-corrected chi connectivity index (χ0v) is 67.9. The van der Waals surface area contributed by atoms with Gasteiger partial charge in [-0.1, -0.05) is 373 Å². The molecule has 0 saturated heterocycles. The van der Waals surface area contributed by atoms with Gasteiger partial charge in [0.15, 0.2) is 12.2 Å². The van der Waals surface area contributed by atoms with Gasteiger partial charge in [-0.25, -0.2) is 9.13 Å². The van der Waals surface area contributed by atoms with Crippen molar-refractivity contribution in [3.63, 3.8) is 0 Å². The Balaban J connectivity index is 5.26. The van der Waals surface area contributed by atoms with Crippen molar-refractivity contribution in [2.45, 2.75) is 444 Å². The van der Waals surface area contributed by atoms with Crippen LogP contribution in [0.25, 0.3) is 0 Å². The number of carbonyl (C=O) groups excluding carboxylic acids is 4. The van der Waals surface area contributed by atoms with Crippen LogP contribution < -0.4 is 0 Å². The van der Waals surface area contributed by atoms with E-state index in [9.17, 15) is 43.2 Å². The minimum atomic E-state index is -4.97. The second-order valence-electron chi connectivity index (χ2n) is 29.2. The van der Waals surface area contributed by atoms with Crippen LogP contribution in [0.1, 0.15) is 426 Å². The molecule has 0 saturated carbocycles. The average Bonchev–Trinajstić information content (AvgIpc) is 1.01. The minimum absolute atomic E-state index is 0.103. The van der Waals surface area contributed by atoms with Crippen LogP contribution in [-0.4, -0.2) is 96.7 Å². The number of carbonyl (C=O) groups is 4. The van der Waals surface area contributed by atoms with Gasteiger partial charge in [0.25, 0.3) is 0 Å². The van der Waals surface area contributed by atoms with Crippen LogP contribution in [0.2, 0.25) is 0 Å². The molecule has 0 aliphatic heterocycles. The average molecular weight is 1490 g/mol. The van der Waals surface area contributed by atoms with Crippen LogP contribution in [0, 0.1) is 0 Å². The molecule has 602 valence electrons. The van der Waals surface area contributed by atoms with Crippen LogP contribution in [0.4, 0.5) is 0 Å². The van der Waals surface area contributed by atoms with Crippen LogP contribution in [0.5, 0.6) is 0 Å². The van der Waals surface area contributed by atoms with Crippen molar-refractivity contribution in [1.29, 1.82) is 0 Å². The number of hydrogen-bond donors (Lipinski definition) is 3. The van der Waals surface area contributed by atoms with E-state index in [1.807, 2.05) is 0 Å². The molecule has 0 spiro atoms. The fourth-order valence-electron chi connectivity index (χ4n) is 12.5. The number of esters is 4. The quantitative estimate of drug-likeness (QED) is 0.0169. The van der Waals surface area contributed by atoms with Gasteiger partial charge < -0.3 is 33.8 Å². The van der Waals surface area contributed by atoms with Crippen molar-refractivity contribution in [2.75, 3.05) is 39.6 Å². The van der Waals surface area contributed by atoms with Crippen LogP contribution in [0.15, 0.2) is 24.3 Å². The van der Waals surface area contributed by atoms with E-state index in [2.05, 4.69) is 52.0 Å². The minimum Gasteiger partial charge on any atom is -0.462 e. The number of aliphatic hydroxyl groups excluding tert-OH is 1. The second kappa shape index (κ2) is 76.7. The van der Waals surface area contributed by atoms with Gasteiger partial charge in [-0.15, -0.1) is 0 Å². The molecule has 0 radical (unpaired) electrons. The third kappa shape index (κ3) is 75.8. The van der Waals surface area contributed by atoms with E-state index in [0.29, 0.717) is 25.7 Å². The Bertz CT molecular complexity index is 2020. The molecule has 102 heavy (non-hydrogen) atoms. The summed E-state index contributed by atoms with van der Waals surface area (Å²) in [6, 6.07) is 0. The lowest BCUT2D eigenvalue weighted by Gasteiger charge is -2.21. The molecule has 2 unspecified atom stereocenters. The Morgan fingerprint density at radius 1 is 0.275 bits per heavy atom. The van der Waals surface area contributed by atoms with Crippen molar-refractivity contribution in [2.24, 2.45) is 0 Å². The largest absolute Gasteiger partial charge is 0.472 e. The first-order chi connectivity index (χ1) is 49.7. The number of aliphatic hydroxyl groups is 1. The molecule has 0 aromatic rings. The number of unbranched alkanes of at least 4 members (excludes halogenated alkanes) is 53. The molecule has 0 bridgehead atoms. The smallest absolute Gasteiger partial charge is 0.462 e. The van der Waals surface area contributed by atoms with Gasteiger partial charge in [-0.05, 0) is 51.4 Å². The van der Waals surface area contributed by atoms with Gasteiger partial charge >= 0.3 is 39.5 Å². The third-order valence-corrected chi connectivity index (χ3v) is 20.9. The Morgan fingerprint density at radius 3 is 0.716 bits per heavy atom. The first-order valence-electron chi connectivity index (χ1n) is 42.6. The molecule has 3 N–H and O–H groups in total. The van der Waals surface area contributed by atoms with Crippen molar-refractivity contribution in [3.05, 3.63) is 24.3 Å². The van der Waals surface area contributed by atoms with Crippen LogP contribution in [0.3, 0.4) is 0 Å². The first kappa shape index (κ1) is 99.5. The highest BCUT2D eigenvalue weighted by atomic mass is 31.2. The zero-order valence-electron chi connectivity index (χ0n) is 66.1. The molecule has 0 aromatic heterocycles. The summed E-state index contributed by atoms with van der Waals surface area (Å²) in [5.74, 6) is -2.13. The summed E-state index contributed by atoms with van der Waals surface area (Å²) in [6.07, 6.45) is 72.9. The van der Waals surface area contributed by atoms with E-state index in [-0.39, 0.29) is 25.7 Å². The summed E-state index contributed by atoms with van der Waals surface area (Å²) in [5.41, 5.74) is 0. The van der Waals surface area contributed by atoms with Crippen molar-refractivity contribution in [1.82, 2.24) is 0 Å². The van der Waals surface area contributed by atoms with Crippen LogP contribution in [-0.2, 0) is 65.4 Å². The molecule has 17 nitrogen and oxygen atoms in total. The monoisotopic (exact) mass is 1490 g/mol. The maximum atomic E-state index is 13.1. The molecule has 0 fully saturated rings. The summed E-state index contributed by atoms with van der Waals surface area (Å²) >= 11 is 0. The standard InChI is InChI=1S/C83H158O17P2/c1-5-9-13-17-21-25-29-33-35-36-37-38-39-40-42-46-50-54-58-62-66-70-83(88)100-79(74-94-81(86)68-64-60-56-52-48-45-41-34-30-26-22-18-14-10-6-2)76-98-102(91,92)96-72-77(84)71-95-101(89,90)97-75-78(99-82(87)69-65-61-57-53-49-44-32-28-24-20-16-12-8-4)73-93-80(85)67-63-59-55-51-47-43-31-27-23-19-15-11-7-3/h26,30,34,41,77-79,84H,5-25,27-29,31-33,35-40,42-76H2,1-4H3,(H,89,90)(H,91,92)/b30-26-,41-34-/t77-,78+,79+/m0/s1. The van der Waals surface area contributed by atoms with Gasteiger partial charge in [-0.2, -0.15) is 0 Å². The molecule has 5 atom stereocenters. The van der Waals surface area contributed by atoms with E-state index in [0.717, 1.165) is 109 Å². The molecular formula is C83H158O17P2. The topological polar surface area (TPSA) is 237 Å². The highest BCUT2D eigenvalue weighted by molar-refractivity contribution is 7.47. The molecule has 0 aromatic carbocycles. The van der Waals surface area contributed by atoms with Gasteiger partial charge in [0.05, 0.1) is 26.4 Å². The fraction of sp³-hybridized carbons (Fsp3) is 0.904. The molecular weight excluding hydrogens is 1330 g/mol. The van der Waals surface area contributed by atoms with E-state index < -0.39 is 97.5 Å². The van der Waals surface area contributed by atoms with Crippen molar-refractivity contribution < 1.29 is 80.2 Å². The molecule has 0 aliphatic rings. The predicted octanol–water partition coefficient (Wildman–Crippen LogP) is 24.9. The number of hydrogen-bond acceptors (Lipinski definition) is 15. The Hall–Kier alpha value is -2.46. The Kier molecular flexibility index (Phi) is 74.9. The summed E-state index contributed by atoms with van der Waals surface area (Å²) in [7, 11) is -9.93. The van der Waals surface area contributed by atoms with E-state index in [4.69, 9.17) is 37.0 Å². The van der Waals surface area contributed by atoms with Gasteiger partial charge in [0.1, 0.15) is 19.3 Å². The molecule has 19 heteroatoms. The molecule has 0 aliphatic carbocycles. The van der Waals surface area contributed by atoms with Crippen molar-refractivity contribution in [3.8, 4) is 0 Å². The lowest BCUT2D eigenvalue weighted by atomic mass is 10.0. The number of ether oxygens (including phenoxy) is 4. The number of phosphoric ester groups is 2. The van der Waals surface area contributed by atoms with Gasteiger partial charge in [0.2, 0.25) is 0 Å². The van der Waals surface area contributed by atoms with Gasteiger partial charge in [0, 0.05) is 25.7 Å². The molecule has 0 rings (SSSR count). The summed E-state index contributed by atoms with van der Waals surface area (Å²) in [4.78, 5) is 73.1. The van der Waals surface area contributed by atoms with Crippen LogP contribution >= 0.6 is 15.6 Å². The Labute approximate surface area is 624 Å². The van der Waals surface area contributed by atoms with E-state index in [1.54, 1.807) is 0 Å². The number of rotatable bonds is 82. The van der Waals surface area contributed by atoms with Gasteiger partial charge in [-0.3, -0.25) is 37.3 Å². The van der Waals surface area contributed by atoms with E-state index >= 15 is 0 Å². The fourth-order valence-corrected chi connectivity index (χ4v) is 14.0. The SMILES string of the molecule is CCCCCC/C=C\C=C/CCCCCCCC(=O)OC[C@H](COP(=O)(O)OC[C@@H](O)COP(=O)(O)OC[C@@H](COC(=O)CCCCCCCCCCCCCCC)OC(=O)CCCCCCCCCCCCCCC)OC(=O)CCCCCCCCCCCCCCCCCCCCCCC. The van der Waals surface area contributed by atoms with E-state index in [1.165, 1.54) is 238 Å². The normalized spacial score (nSPS) is 13.9.